The standard InChI is InChI=1S/C19H24N4O3S/c1-12-16(22-26-21-12)14-3-2-9-23(14)18(24)15-11-13-4-10-25-19(17(13)27-15)5-7-20-8-6-19/h11,14,20H,2-10H2,1H3. The molecule has 1 N–H and O–H groups in total. The molecule has 2 aromatic heterocycles. The number of hydrogen-bond donors (Lipinski definition) is 1. The minimum Gasteiger partial charge on any atom is -0.369 e. The van der Waals surface area contributed by atoms with E-state index in [0.717, 1.165) is 74.6 Å². The van der Waals surface area contributed by atoms with E-state index in [1.54, 1.807) is 11.3 Å². The fraction of sp³-hybridized carbons (Fsp3) is 0.632. The number of aryl methyl sites for hydroxylation is 1. The van der Waals surface area contributed by atoms with E-state index in [9.17, 15) is 4.79 Å². The number of likely N-dealkylation sites (tertiary alicyclic amines) is 1. The molecule has 0 aliphatic carbocycles. The second-order valence-corrected chi connectivity index (χ2v) is 8.75. The van der Waals surface area contributed by atoms with Gasteiger partial charge in [0.1, 0.15) is 17.0 Å². The number of fused-ring (bicyclic) bond motifs is 2. The number of carbonyl (C=O) groups is 1. The van der Waals surface area contributed by atoms with Crippen molar-refractivity contribution in [3.63, 3.8) is 0 Å². The Morgan fingerprint density at radius 3 is 3.00 bits per heavy atom. The molecule has 1 unspecified atom stereocenters. The maximum Gasteiger partial charge on any atom is 0.264 e. The second kappa shape index (κ2) is 6.68. The van der Waals surface area contributed by atoms with Crippen molar-refractivity contribution in [2.75, 3.05) is 26.2 Å². The zero-order chi connectivity index (χ0) is 18.4. The minimum absolute atomic E-state index is 0.0352. The van der Waals surface area contributed by atoms with Crippen molar-refractivity contribution in [3.05, 3.63) is 32.8 Å². The number of thiophene rings is 1. The summed E-state index contributed by atoms with van der Waals surface area (Å²) in [5, 5.41) is 11.4. The van der Waals surface area contributed by atoms with Crippen molar-refractivity contribution < 1.29 is 14.2 Å². The van der Waals surface area contributed by atoms with Gasteiger partial charge in [0.2, 0.25) is 0 Å². The smallest absolute Gasteiger partial charge is 0.264 e. The molecule has 1 amide bonds. The molecule has 3 aliphatic heterocycles. The van der Waals surface area contributed by atoms with Crippen LogP contribution in [0.2, 0.25) is 0 Å². The molecule has 27 heavy (non-hydrogen) atoms. The average Bonchev–Trinajstić information content (AvgIpc) is 3.41. The Balaban J connectivity index is 1.45. The first-order chi connectivity index (χ1) is 13.2. The maximum atomic E-state index is 13.4. The van der Waals surface area contributed by atoms with Gasteiger partial charge in [0, 0.05) is 11.4 Å². The third-order valence-corrected chi connectivity index (χ3v) is 7.46. The van der Waals surface area contributed by atoms with Crippen LogP contribution in [0.4, 0.5) is 0 Å². The first kappa shape index (κ1) is 17.3. The molecule has 3 aliphatic rings. The third-order valence-electron chi connectivity index (χ3n) is 6.11. The third kappa shape index (κ3) is 2.81. The van der Waals surface area contributed by atoms with Crippen molar-refractivity contribution in [2.45, 2.75) is 50.7 Å². The van der Waals surface area contributed by atoms with Crippen molar-refractivity contribution in [2.24, 2.45) is 0 Å². The number of ether oxygens (including phenoxy) is 1. The molecule has 0 radical (unpaired) electrons. The number of amides is 1. The highest BCUT2D eigenvalue weighted by Gasteiger charge is 2.42. The highest BCUT2D eigenvalue weighted by molar-refractivity contribution is 7.14. The van der Waals surface area contributed by atoms with Crippen LogP contribution in [0.3, 0.4) is 0 Å². The van der Waals surface area contributed by atoms with Gasteiger partial charge >= 0.3 is 0 Å². The number of nitrogens with one attached hydrogen (secondary N) is 1. The first-order valence-corrected chi connectivity index (χ1v) is 10.6. The lowest BCUT2D eigenvalue weighted by atomic mass is 9.86. The summed E-state index contributed by atoms with van der Waals surface area (Å²) in [6, 6.07) is 2.07. The lowest BCUT2D eigenvalue weighted by molar-refractivity contribution is -0.0771. The van der Waals surface area contributed by atoms with E-state index < -0.39 is 0 Å². The van der Waals surface area contributed by atoms with Crippen LogP contribution < -0.4 is 5.32 Å². The Bertz CT molecular complexity index is 855. The summed E-state index contributed by atoms with van der Waals surface area (Å²) in [6.07, 6.45) is 4.73. The van der Waals surface area contributed by atoms with Crippen LogP contribution >= 0.6 is 11.3 Å². The lowest BCUT2D eigenvalue weighted by Gasteiger charge is -2.40. The fourth-order valence-electron chi connectivity index (χ4n) is 4.71. The van der Waals surface area contributed by atoms with Crippen molar-refractivity contribution in [1.82, 2.24) is 20.5 Å². The molecule has 7 nitrogen and oxygen atoms in total. The summed E-state index contributed by atoms with van der Waals surface area (Å²) in [5.74, 6) is 0.100. The van der Waals surface area contributed by atoms with Gasteiger partial charge in [0.15, 0.2) is 0 Å². The molecule has 8 heteroatoms. The minimum atomic E-state index is -0.195. The second-order valence-electron chi connectivity index (χ2n) is 7.70. The Labute approximate surface area is 162 Å². The molecule has 0 saturated carbocycles. The zero-order valence-corrected chi connectivity index (χ0v) is 16.3. The van der Waals surface area contributed by atoms with Gasteiger partial charge in [-0.05, 0) is 63.7 Å². The number of carbonyl (C=O) groups excluding carboxylic acids is 1. The van der Waals surface area contributed by atoms with E-state index in [1.165, 1.54) is 10.4 Å². The number of nitrogens with zero attached hydrogens (tertiary/aromatic N) is 3. The van der Waals surface area contributed by atoms with Crippen LogP contribution in [0, 0.1) is 6.92 Å². The van der Waals surface area contributed by atoms with Gasteiger partial charge < -0.3 is 15.0 Å². The number of rotatable bonds is 2. The topological polar surface area (TPSA) is 80.5 Å². The molecule has 5 rings (SSSR count). The van der Waals surface area contributed by atoms with E-state index in [-0.39, 0.29) is 17.6 Å². The average molecular weight is 388 g/mol. The molecule has 1 atom stereocenters. The molecule has 0 aromatic carbocycles. The zero-order valence-electron chi connectivity index (χ0n) is 15.5. The molecule has 5 heterocycles. The normalized spacial score (nSPS) is 24.3. The monoisotopic (exact) mass is 388 g/mol. The van der Waals surface area contributed by atoms with Gasteiger partial charge in [-0.15, -0.1) is 11.3 Å². The van der Waals surface area contributed by atoms with Gasteiger partial charge in [-0.25, -0.2) is 4.63 Å². The number of piperidine rings is 1. The number of hydrogen-bond acceptors (Lipinski definition) is 7. The molecule has 1 spiro atoms. The Morgan fingerprint density at radius 1 is 1.37 bits per heavy atom. The van der Waals surface area contributed by atoms with E-state index >= 15 is 0 Å². The lowest BCUT2D eigenvalue weighted by Crippen LogP contribution is -2.43. The summed E-state index contributed by atoms with van der Waals surface area (Å²) >= 11 is 1.64. The summed E-state index contributed by atoms with van der Waals surface area (Å²) in [6.45, 7) is 5.31. The predicted octanol–water partition coefficient (Wildman–Crippen LogP) is 2.57. The highest BCUT2D eigenvalue weighted by Crippen LogP contribution is 2.45. The molecular weight excluding hydrogens is 364 g/mol. The largest absolute Gasteiger partial charge is 0.369 e. The van der Waals surface area contributed by atoms with Crippen molar-refractivity contribution >= 4 is 17.2 Å². The SMILES string of the molecule is Cc1nonc1C1CCCN1C(=O)c1cc2c(s1)C1(CCNCC1)OCC2. The van der Waals surface area contributed by atoms with E-state index in [0.29, 0.717) is 0 Å². The van der Waals surface area contributed by atoms with Crippen LogP contribution in [-0.4, -0.2) is 47.4 Å². The molecule has 2 aromatic rings. The molecule has 2 fully saturated rings. The predicted molar refractivity (Wildman–Crippen MR) is 99.8 cm³/mol. The van der Waals surface area contributed by atoms with E-state index in [4.69, 9.17) is 9.37 Å². The number of aromatic nitrogens is 2. The Morgan fingerprint density at radius 2 is 2.22 bits per heavy atom. The van der Waals surface area contributed by atoms with Gasteiger partial charge in [-0.3, -0.25) is 4.79 Å². The highest BCUT2D eigenvalue weighted by atomic mass is 32.1. The van der Waals surface area contributed by atoms with Crippen LogP contribution in [0.25, 0.3) is 0 Å². The molecule has 2 saturated heterocycles. The molecule has 144 valence electrons. The van der Waals surface area contributed by atoms with Gasteiger partial charge in [-0.1, -0.05) is 10.3 Å². The first-order valence-electron chi connectivity index (χ1n) is 9.76. The summed E-state index contributed by atoms with van der Waals surface area (Å²) in [7, 11) is 0. The van der Waals surface area contributed by atoms with Crippen LogP contribution in [0.15, 0.2) is 10.7 Å². The van der Waals surface area contributed by atoms with Gasteiger partial charge in [0.25, 0.3) is 5.91 Å². The quantitative estimate of drug-likeness (QED) is 0.852. The van der Waals surface area contributed by atoms with E-state index in [2.05, 4.69) is 21.7 Å². The van der Waals surface area contributed by atoms with Crippen LogP contribution in [-0.2, 0) is 16.8 Å². The Hall–Kier alpha value is -1.77. The van der Waals surface area contributed by atoms with Gasteiger partial charge in [-0.2, -0.15) is 0 Å². The van der Waals surface area contributed by atoms with Crippen LogP contribution in [0.5, 0.6) is 0 Å². The maximum absolute atomic E-state index is 13.4. The van der Waals surface area contributed by atoms with Crippen molar-refractivity contribution in [1.29, 1.82) is 0 Å². The summed E-state index contributed by atoms with van der Waals surface area (Å²) < 4.78 is 11.1. The van der Waals surface area contributed by atoms with Crippen LogP contribution in [0.1, 0.15) is 63.2 Å². The molecule has 0 bridgehead atoms. The van der Waals surface area contributed by atoms with Gasteiger partial charge in [0.05, 0.1) is 17.5 Å². The van der Waals surface area contributed by atoms with Crippen molar-refractivity contribution in [3.8, 4) is 0 Å². The molecular formula is C19H24N4O3S. The van der Waals surface area contributed by atoms with E-state index in [1.807, 2.05) is 11.8 Å². The summed E-state index contributed by atoms with van der Waals surface area (Å²) in [5.41, 5.74) is 2.66. The fourth-order valence-corrected chi connectivity index (χ4v) is 6.07. The summed E-state index contributed by atoms with van der Waals surface area (Å²) in [4.78, 5) is 17.4. The Kier molecular flexibility index (Phi) is 4.29.